The first-order valence-electron chi connectivity index (χ1n) is 8.60. The third-order valence-electron chi connectivity index (χ3n) is 4.59. The highest BCUT2D eigenvalue weighted by Crippen LogP contribution is 2.27. The van der Waals surface area contributed by atoms with Gasteiger partial charge in [-0.2, -0.15) is 4.31 Å². The van der Waals surface area contributed by atoms with Gasteiger partial charge in [-0.25, -0.2) is 8.42 Å². The predicted molar refractivity (Wildman–Crippen MR) is 110 cm³/mol. The number of amides is 1. The minimum atomic E-state index is -3.63. The number of sulfonamides is 1. The molecule has 2 aromatic carbocycles. The Kier molecular flexibility index (Phi) is 6.25. The fourth-order valence-electron chi connectivity index (χ4n) is 3.09. The van der Waals surface area contributed by atoms with E-state index in [2.05, 4.69) is 21.2 Å². The Hall–Kier alpha value is -1.41. The van der Waals surface area contributed by atoms with Gasteiger partial charge < -0.3 is 5.32 Å². The first kappa shape index (κ1) is 20.3. The summed E-state index contributed by atoms with van der Waals surface area (Å²) in [4.78, 5) is 12.9. The van der Waals surface area contributed by atoms with Crippen LogP contribution < -0.4 is 5.32 Å². The molecular weight excluding hydrogens is 452 g/mol. The van der Waals surface area contributed by atoms with Gasteiger partial charge in [0.15, 0.2) is 0 Å². The molecule has 0 bridgehead atoms. The molecule has 1 fully saturated rings. The van der Waals surface area contributed by atoms with E-state index >= 15 is 0 Å². The van der Waals surface area contributed by atoms with Gasteiger partial charge in [0.25, 0.3) is 0 Å². The van der Waals surface area contributed by atoms with E-state index in [9.17, 15) is 13.2 Å². The molecule has 144 valence electrons. The zero-order valence-corrected chi connectivity index (χ0v) is 17.9. The quantitative estimate of drug-likeness (QED) is 0.716. The van der Waals surface area contributed by atoms with Crippen LogP contribution in [0.2, 0.25) is 5.02 Å². The van der Waals surface area contributed by atoms with E-state index in [4.69, 9.17) is 11.6 Å². The minimum Gasteiger partial charge on any atom is -0.324 e. The zero-order chi connectivity index (χ0) is 19.6. The van der Waals surface area contributed by atoms with Crippen molar-refractivity contribution in [3.05, 3.63) is 57.5 Å². The van der Waals surface area contributed by atoms with Crippen molar-refractivity contribution >= 4 is 49.1 Å². The number of benzene rings is 2. The molecule has 1 amide bonds. The number of aryl methyl sites for hydroxylation is 1. The summed E-state index contributed by atoms with van der Waals surface area (Å²) in [6.45, 7) is 2.49. The molecule has 0 aromatic heterocycles. The molecule has 0 spiro atoms. The summed E-state index contributed by atoms with van der Waals surface area (Å²) in [6.07, 6.45) is 1.27. The zero-order valence-electron chi connectivity index (χ0n) is 14.8. The number of carbonyl (C=O) groups excluding carboxylic acids is 1. The molecule has 2 aromatic rings. The van der Waals surface area contributed by atoms with Crippen LogP contribution in [0.3, 0.4) is 0 Å². The standard InChI is InChI=1S/C19H20BrClN2O3S/c1-13-4-9-18(17(21)11-13)22-19(24)14-3-2-10-23(12-14)27(25,26)16-7-5-15(20)6-8-16/h4-9,11,14H,2-3,10,12H2,1H3,(H,22,24). The number of piperidine rings is 1. The lowest BCUT2D eigenvalue weighted by atomic mass is 9.98. The summed E-state index contributed by atoms with van der Waals surface area (Å²) in [7, 11) is -3.63. The van der Waals surface area contributed by atoms with Crippen molar-refractivity contribution in [3.8, 4) is 0 Å². The monoisotopic (exact) mass is 470 g/mol. The van der Waals surface area contributed by atoms with Crippen molar-refractivity contribution in [2.24, 2.45) is 5.92 Å². The molecule has 0 saturated carbocycles. The SMILES string of the molecule is Cc1ccc(NC(=O)C2CCCN(S(=O)(=O)c3ccc(Br)cc3)C2)c(Cl)c1. The highest BCUT2D eigenvalue weighted by atomic mass is 79.9. The van der Waals surface area contributed by atoms with Crippen molar-refractivity contribution in [1.82, 2.24) is 4.31 Å². The number of nitrogens with one attached hydrogen (secondary N) is 1. The lowest BCUT2D eigenvalue weighted by molar-refractivity contribution is -0.120. The molecule has 1 saturated heterocycles. The van der Waals surface area contributed by atoms with Crippen LogP contribution in [0.15, 0.2) is 51.8 Å². The summed E-state index contributed by atoms with van der Waals surface area (Å²) in [6, 6.07) is 11.9. The molecule has 1 aliphatic rings. The average molecular weight is 472 g/mol. The highest BCUT2D eigenvalue weighted by Gasteiger charge is 2.33. The fourth-order valence-corrected chi connectivity index (χ4v) is 5.16. The van der Waals surface area contributed by atoms with Crippen molar-refractivity contribution in [1.29, 1.82) is 0 Å². The molecule has 5 nitrogen and oxygen atoms in total. The van der Waals surface area contributed by atoms with Crippen LogP contribution in [0.25, 0.3) is 0 Å². The topological polar surface area (TPSA) is 66.5 Å². The first-order chi connectivity index (χ1) is 12.8. The van der Waals surface area contributed by atoms with Gasteiger partial charge in [-0.1, -0.05) is 33.6 Å². The maximum absolute atomic E-state index is 12.9. The molecule has 1 heterocycles. The fraction of sp³-hybridized carbons (Fsp3) is 0.316. The Balaban J connectivity index is 1.73. The number of hydrogen-bond donors (Lipinski definition) is 1. The van der Waals surface area contributed by atoms with Gasteiger partial charge in [0.05, 0.1) is 21.5 Å². The van der Waals surface area contributed by atoms with Crippen molar-refractivity contribution in [3.63, 3.8) is 0 Å². The summed E-state index contributed by atoms with van der Waals surface area (Å²) < 4.78 is 28.0. The maximum Gasteiger partial charge on any atom is 0.243 e. The molecule has 0 aliphatic carbocycles. The number of hydrogen-bond acceptors (Lipinski definition) is 3. The van der Waals surface area contributed by atoms with Gasteiger partial charge in [-0.15, -0.1) is 0 Å². The molecule has 8 heteroatoms. The van der Waals surface area contributed by atoms with Gasteiger partial charge in [-0.3, -0.25) is 4.79 Å². The molecular formula is C19H20BrClN2O3S. The smallest absolute Gasteiger partial charge is 0.243 e. The normalized spacial score (nSPS) is 18.3. The Labute approximate surface area is 172 Å². The van der Waals surface area contributed by atoms with Gasteiger partial charge >= 0.3 is 0 Å². The molecule has 3 rings (SSSR count). The van der Waals surface area contributed by atoms with Crippen molar-refractivity contribution in [2.45, 2.75) is 24.7 Å². The number of rotatable bonds is 4. The largest absolute Gasteiger partial charge is 0.324 e. The second kappa shape index (κ2) is 8.31. The van der Waals surface area contributed by atoms with E-state index in [1.54, 1.807) is 36.4 Å². The molecule has 1 N–H and O–H groups in total. The molecule has 1 aliphatic heterocycles. The maximum atomic E-state index is 12.9. The predicted octanol–water partition coefficient (Wildman–Crippen LogP) is 4.45. The Morgan fingerprint density at radius 3 is 2.59 bits per heavy atom. The Bertz CT molecular complexity index is 948. The number of nitrogens with zero attached hydrogens (tertiary/aromatic N) is 1. The lowest BCUT2D eigenvalue weighted by Crippen LogP contribution is -2.43. The number of carbonyl (C=O) groups is 1. The van der Waals surface area contributed by atoms with E-state index in [1.165, 1.54) is 4.31 Å². The minimum absolute atomic E-state index is 0.160. The summed E-state index contributed by atoms with van der Waals surface area (Å²) in [5.41, 5.74) is 1.54. The second-order valence-corrected chi connectivity index (χ2v) is 9.89. The summed E-state index contributed by atoms with van der Waals surface area (Å²) in [5, 5.41) is 3.30. The lowest BCUT2D eigenvalue weighted by Gasteiger charge is -2.31. The van der Waals surface area contributed by atoms with E-state index in [0.717, 1.165) is 10.0 Å². The first-order valence-corrected chi connectivity index (χ1v) is 11.2. The van der Waals surface area contributed by atoms with E-state index in [0.29, 0.717) is 30.1 Å². The molecule has 0 radical (unpaired) electrons. The third-order valence-corrected chi connectivity index (χ3v) is 7.31. The number of halogens is 2. The van der Waals surface area contributed by atoms with Gasteiger partial charge in [0.2, 0.25) is 15.9 Å². The Morgan fingerprint density at radius 1 is 1.22 bits per heavy atom. The average Bonchev–Trinajstić information content (AvgIpc) is 2.64. The van der Waals surface area contributed by atoms with Gasteiger partial charge in [0, 0.05) is 17.6 Å². The molecule has 27 heavy (non-hydrogen) atoms. The van der Waals surface area contributed by atoms with Crippen LogP contribution in [0.1, 0.15) is 18.4 Å². The second-order valence-electron chi connectivity index (χ2n) is 6.63. The third kappa shape index (κ3) is 4.71. The van der Waals surface area contributed by atoms with Crippen molar-refractivity contribution in [2.75, 3.05) is 18.4 Å². The van der Waals surface area contributed by atoms with Crippen LogP contribution in [-0.4, -0.2) is 31.7 Å². The van der Waals surface area contributed by atoms with E-state index < -0.39 is 15.9 Å². The van der Waals surface area contributed by atoms with Crippen LogP contribution in [0.5, 0.6) is 0 Å². The van der Waals surface area contributed by atoms with Crippen LogP contribution in [-0.2, 0) is 14.8 Å². The molecule has 1 atom stereocenters. The van der Waals surface area contributed by atoms with Crippen LogP contribution in [0, 0.1) is 12.8 Å². The van der Waals surface area contributed by atoms with Crippen molar-refractivity contribution < 1.29 is 13.2 Å². The Morgan fingerprint density at radius 2 is 1.93 bits per heavy atom. The number of anilines is 1. The van der Waals surface area contributed by atoms with Gasteiger partial charge in [0.1, 0.15) is 0 Å². The van der Waals surface area contributed by atoms with Crippen LogP contribution in [0.4, 0.5) is 5.69 Å². The summed E-state index contributed by atoms with van der Waals surface area (Å²) in [5.74, 6) is -0.627. The highest BCUT2D eigenvalue weighted by molar-refractivity contribution is 9.10. The van der Waals surface area contributed by atoms with E-state index in [-0.39, 0.29) is 17.3 Å². The van der Waals surface area contributed by atoms with Gasteiger partial charge in [-0.05, 0) is 61.7 Å². The van der Waals surface area contributed by atoms with Crippen LogP contribution >= 0.6 is 27.5 Å². The molecule has 1 unspecified atom stereocenters. The summed E-state index contributed by atoms with van der Waals surface area (Å²) >= 11 is 9.49. The van der Waals surface area contributed by atoms with E-state index in [1.807, 2.05) is 13.0 Å².